The van der Waals surface area contributed by atoms with Gasteiger partial charge in [0.25, 0.3) is 0 Å². The number of rotatable bonds is 1. The molecule has 2 atom stereocenters. The van der Waals surface area contributed by atoms with Crippen molar-refractivity contribution in [2.45, 2.75) is 32.1 Å². The van der Waals surface area contributed by atoms with Crippen LogP contribution in [-0.4, -0.2) is 13.7 Å². The zero-order chi connectivity index (χ0) is 9.42. The average Bonchev–Trinajstić information content (AvgIpc) is 2.59. The summed E-state index contributed by atoms with van der Waals surface area (Å²) in [4.78, 5) is 0. The first-order valence-corrected chi connectivity index (χ1v) is 9.69. The second kappa shape index (κ2) is 3.47. The van der Waals surface area contributed by atoms with Crippen LogP contribution in [0.3, 0.4) is 0 Å². The molecule has 1 aliphatic carbocycles. The van der Waals surface area contributed by atoms with Crippen LogP contribution in [-0.2, 0) is 0 Å². The molecule has 0 saturated heterocycles. The van der Waals surface area contributed by atoms with Gasteiger partial charge in [0.15, 0.2) is 0 Å². The van der Waals surface area contributed by atoms with Gasteiger partial charge in [-0.25, -0.2) is 0 Å². The molecule has 0 aromatic heterocycles. The molecular weight excluding hydrogens is 191 g/mol. The first-order chi connectivity index (χ1) is 6.24. The maximum Gasteiger partial charge on any atom is 0.248 e. The summed E-state index contributed by atoms with van der Waals surface area (Å²) in [5, 5.41) is 1.70. The van der Waals surface area contributed by atoms with Crippen LogP contribution < -0.4 is 0 Å². The van der Waals surface area contributed by atoms with Crippen molar-refractivity contribution in [3.63, 3.8) is 0 Å². The Hall–Kier alpha value is -0.263. The molecule has 0 aromatic carbocycles. The number of hydrogen-bond donors (Lipinski definition) is 0. The largest absolute Gasteiger partial charge is 0.248 e. The quantitative estimate of drug-likeness (QED) is 0.452. The summed E-state index contributed by atoms with van der Waals surface area (Å²) < 4.78 is 0. The lowest BCUT2D eigenvalue weighted by molar-refractivity contribution is 0.977. The summed E-state index contributed by atoms with van der Waals surface area (Å²) in [6.07, 6.45) is 10.7. The van der Waals surface area contributed by atoms with Gasteiger partial charge in [0, 0.05) is 5.57 Å². The molecule has 0 radical (unpaired) electrons. The predicted octanol–water partition coefficient (Wildman–Crippen LogP) is 3.89. The summed E-state index contributed by atoms with van der Waals surface area (Å²) in [6, 6.07) is 0. The fourth-order valence-electron chi connectivity index (χ4n) is 2.12. The topological polar surface area (TPSA) is 0 Å². The second-order valence-electron chi connectivity index (χ2n) is 3.83. The van der Waals surface area contributed by atoms with Crippen molar-refractivity contribution in [3.05, 3.63) is 35.2 Å². The molecule has 0 saturated carbocycles. The van der Waals surface area contributed by atoms with E-state index in [-0.39, 0.29) is 15.1 Å². The maximum atomic E-state index is 2.51. The van der Waals surface area contributed by atoms with E-state index in [0.717, 1.165) is 5.66 Å². The Morgan fingerprint density at radius 3 is 2.85 bits per heavy atom. The van der Waals surface area contributed by atoms with Crippen LogP contribution >= 0.6 is 7.06 Å². The summed E-state index contributed by atoms with van der Waals surface area (Å²) in [7, 11) is 0.0788. The molecular formula is C11H16PSi+. The van der Waals surface area contributed by atoms with E-state index in [1.54, 1.807) is 10.9 Å². The van der Waals surface area contributed by atoms with Crippen LogP contribution in [0.25, 0.3) is 0 Å². The van der Waals surface area contributed by atoms with Gasteiger partial charge in [-0.15, -0.1) is 0 Å². The van der Waals surface area contributed by atoms with Crippen molar-refractivity contribution < 1.29 is 0 Å². The van der Waals surface area contributed by atoms with E-state index >= 15 is 0 Å². The van der Waals surface area contributed by atoms with Gasteiger partial charge in [-0.05, 0) is 31.7 Å². The molecule has 1 aliphatic heterocycles. The summed E-state index contributed by atoms with van der Waals surface area (Å²) >= 11 is 0. The van der Waals surface area contributed by atoms with Gasteiger partial charge in [0.1, 0.15) is 11.0 Å². The molecule has 0 fully saturated rings. The summed E-state index contributed by atoms with van der Waals surface area (Å²) in [6.45, 7) is 7.26. The molecule has 2 rings (SSSR count). The first kappa shape index (κ1) is 9.30. The summed E-state index contributed by atoms with van der Waals surface area (Å²) in [5.74, 6) is 0. The fourth-order valence-corrected chi connectivity index (χ4v) is 9.79. The van der Waals surface area contributed by atoms with Gasteiger partial charge in [-0.1, -0.05) is 19.1 Å². The Balaban J connectivity index is 2.47. The van der Waals surface area contributed by atoms with E-state index in [0.29, 0.717) is 0 Å². The standard InChI is InChI=1S/C11H16PSi/c1-4-10-8-9-6-5-7-11(9)12(10)13(2)3/h5-8,10H,4H2,1-3H3/q+1. The highest BCUT2D eigenvalue weighted by atomic mass is 31.2. The SMILES string of the molecule is CCC1C=C2C=CC=C2[P+]1=[Si](C)C. The third-order valence-corrected chi connectivity index (χ3v) is 10.4. The minimum Gasteiger partial charge on any atom is -0.0609 e. The van der Waals surface area contributed by atoms with Crippen molar-refractivity contribution in [1.29, 1.82) is 0 Å². The third-order valence-electron chi connectivity index (χ3n) is 2.69. The lowest BCUT2D eigenvalue weighted by atomic mass is 10.2. The highest BCUT2D eigenvalue weighted by Gasteiger charge is 2.36. The van der Waals surface area contributed by atoms with E-state index in [1.165, 1.54) is 6.42 Å². The van der Waals surface area contributed by atoms with Gasteiger partial charge >= 0.3 is 0 Å². The maximum absolute atomic E-state index is 2.51. The molecule has 0 nitrogen and oxygen atoms in total. The van der Waals surface area contributed by atoms with Gasteiger partial charge in [-0.3, -0.25) is 0 Å². The molecule has 2 unspecified atom stereocenters. The van der Waals surface area contributed by atoms with Crippen LogP contribution in [0.2, 0.25) is 13.1 Å². The van der Waals surface area contributed by atoms with E-state index in [2.05, 4.69) is 44.3 Å². The zero-order valence-corrected chi connectivity index (χ0v) is 10.4. The smallest absolute Gasteiger partial charge is 0.0609 e. The van der Waals surface area contributed by atoms with Crippen LogP contribution in [0.5, 0.6) is 0 Å². The van der Waals surface area contributed by atoms with Crippen molar-refractivity contribution in [2.75, 3.05) is 0 Å². The average molecular weight is 207 g/mol. The van der Waals surface area contributed by atoms with Crippen LogP contribution in [0.4, 0.5) is 0 Å². The van der Waals surface area contributed by atoms with Crippen molar-refractivity contribution in [2.24, 2.45) is 0 Å². The van der Waals surface area contributed by atoms with Crippen molar-refractivity contribution in [3.8, 4) is 0 Å². The normalized spacial score (nSPS) is 27.3. The molecule has 0 amide bonds. The molecule has 2 heteroatoms. The molecule has 1 heterocycles. The number of hydrogen-bond acceptors (Lipinski definition) is 0. The molecule has 0 bridgehead atoms. The fraction of sp³-hybridized carbons (Fsp3) is 0.455. The molecule has 0 aromatic rings. The van der Waals surface area contributed by atoms with E-state index in [1.807, 2.05) is 0 Å². The molecule has 2 aliphatic rings. The molecule has 68 valence electrons. The van der Waals surface area contributed by atoms with E-state index in [4.69, 9.17) is 0 Å². The monoisotopic (exact) mass is 207 g/mol. The van der Waals surface area contributed by atoms with Gasteiger partial charge in [0.2, 0.25) is 8.05 Å². The van der Waals surface area contributed by atoms with E-state index < -0.39 is 0 Å². The Morgan fingerprint density at radius 1 is 1.46 bits per heavy atom. The van der Waals surface area contributed by atoms with Gasteiger partial charge in [0.05, 0.1) is 7.06 Å². The minimum atomic E-state index is -0.121. The Labute approximate surface area is 82.8 Å². The zero-order valence-electron chi connectivity index (χ0n) is 8.54. The molecule has 0 N–H and O–H groups in total. The van der Waals surface area contributed by atoms with Gasteiger partial charge < -0.3 is 0 Å². The van der Waals surface area contributed by atoms with E-state index in [9.17, 15) is 0 Å². The third kappa shape index (κ3) is 1.45. The Kier molecular flexibility index (Phi) is 2.48. The molecule has 0 spiro atoms. The highest BCUT2D eigenvalue weighted by molar-refractivity contribution is 7.73. The van der Waals surface area contributed by atoms with Crippen molar-refractivity contribution >= 4 is 15.1 Å². The molecule has 13 heavy (non-hydrogen) atoms. The second-order valence-corrected chi connectivity index (χ2v) is 11.7. The minimum absolute atomic E-state index is 0.121. The van der Waals surface area contributed by atoms with Crippen LogP contribution in [0.15, 0.2) is 35.2 Å². The number of allylic oxidation sites excluding steroid dienone is 6. The Bertz CT molecular complexity index is 354. The van der Waals surface area contributed by atoms with Gasteiger partial charge in [-0.2, -0.15) is 0 Å². The Morgan fingerprint density at radius 2 is 2.23 bits per heavy atom. The first-order valence-electron chi connectivity index (χ1n) is 4.94. The highest BCUT2D eigenvalue weighted by Crippen LogP contribution is 2.53. The predicted molar refractivity (Wildman–Crippen MR) is 63.8 cm³/mol. The van der Waals surface area contributed by atoms with Crippen molar-refractivity contribution in [1.82, 2.24) is 0 Å². The number of fused-ring (bicyclic) bond motifs is 1. The lowest BCUT2D eigenvalue weighted by Crippen LogP contribution is -1.96. The van der Waals surface area contributed by atoms with Crippen LogP contribution in [0, 0.1) is 0 Å². The summed E-state index contributed by atoms with van der Waals surface area (Å²) in [5.41, 5.74) is 2.44. The van der Waals surface area contributed by atoms with Crippen LogP contribution in [0.1, 0.15) is 13.3 Å². The lowest BCUT2D eigenvalue weighted by Gasteiger charge is -1.99.